The number of carbonyl (C=O) groups excluding carboxylic acids is 2. The van der Waals surface area contributed by atoms with Gasteiger partial charge in [-0.05, 0) is 31.7 Å². The normalized spacial score (nSPS) is 35.3. The highest BCUT2D eigenvalue weighted by molar-refractivity contribution is 6.07. The highest BCUT2D eigenvalue weighted by Gasteiger charge is 2.53. The zero-order valence-electron chi connectivity index (χ0n) is 8.58. The topological polar surface area (TPSA) is 61.4 Å². The molecule has 15 heavy (non-hydrogen) atoms. The average molecular weight is 209 g/mol. The van der Waals surface area contributed by atoms with Crippen LogP contribution in [0.4, 0.5) is 4.79 Å². The van der Waals surface area contributed by atoms with Gasteiger partial charge in [0.25, 0.3) is 5.91 Å². The molecule has 0 aromatic carbocycles. The summed E-state index contributed by atoms with van der Waals surface area (Å²) in [7, 11) is 0. The van der Waals surface area contributed by atoms with Gasteiger partial charge in [0.1, 0.15) is 5.54 Å². The number of hydrogen-bond donors (Lipinski definition) is 2. The SMILES string of the molecule is O=C1N[C@]2(CCNC2)C(=O)N1CC1CC1. The Kier molecular flexibility index (Phi) is 1.80. The summed E-state index contributed by atoms with van der Waals surface area (Å²) < 4.78 is 0. The third-order valence-electron chi connectivity index (χ3n) is 3.54. The van der Waals surface area contributed by atoms with E-state index in [4.69, 9.17) is 0 Å². The van der Waals surface area contributed by atoms with Crippen LogP contribution in [0.2, 0.25) is 0 Å². The van der Waals surface area contributed by atoms with E-state index in [9.17, 15) is 9.59 Å². The van der Waals surface area contributed by atoms with Crippen molar-refractivity contribution in [3.8, 4) is 0 Å². The van der Waals surface area contributed by atoms with Crippen LogP contribution in [0.25, 0.3) is 0 Å². The summed E-state index contributed by atoms with van der Waals surface area (Å²) in [6, 6.07) is -0.199. The molecule has 0 aromatic heterocycles. The standard InChI is InChI=1S/C10H15N3O2/c14-8-10(3-4-11-6-10)12-9(15)13(8)5-7-1-2-7/h7,11H,1-6H2,(H,12,15)/t10-/m0/s1. The van der Waals surface area contributed by atoms with Gasteiger partial charge >= 0.3 is 6.03 Å². The summed E-state index contributed by atoms with van der Waals surface area (Å²) in [5.74, 6) is 0.536. The molecule has 3 amide bonds. The predicted molar refractivity (Wildman–Crippen MR) is 53.2 cm³/mol. The Morgan fingerprint density at radius 2 is 2.20 bits per heavy atom. The summed E-state index contributed by atoms with van der Waals surface area (Å²) in [6.45, 7) is 2.01. The molecule has 2 heterocycles. The lowest BCUT2D eigenvalue weighted by molar-refractivity contribution is -0.130. The van der Waals surface area contributed by atoms with Crippen LogP contribution in [-0.2, 0) is 4.79 Å². The Morgan fingerprint density at radius 3 is 2.80 bits per heavy atom. The van der Waals surface area contributed by atoms with Crippen LogP contribution < -0.4 is 10.6 Å². The molecule has 3 aliphatic rings. The molecule has 2 N–H and O–H groups in total. The predicted octanol–water partition coefficient (Wildman–Crippen LogP) is -0.320. The first-order chi connectivity index (χ1) is 7.21. The minimum atomic E-state index is -0.619. The maximum atomic E-state index is 12.1. The molecule has 5 heteroatoms. The Hall–Kier alpha value is -1.10. The molecule has 5 nitrogen and oxygen atoms in total. The van der Waals surface area contributed by atoms with Crippen molar-refractivity contribution < 1.29 is 9.59 Å². The number of amides is 3. The van der Waals surface area contributed by atoms with Gasteiger partial charge in [0.2, 0.25) is 0 Å². The molecule has 0 unspecified atom stereocenters. The zero-order chi connectivity index (χ0) is 10.5. The highest BCUT2D eigenvalue weighted by Crippen LogP contribution is 2.32. The summed E-state index contributed by atoms with van der Waals surface area (Å²) in [6.07, 6.45) is 3.03. The molecule has 1 saturated carbocycles. The number of hydrogen-bond acceptors (Lipinski definition) is 3. The fourth-order valence-electron chi connectivity index (χ4n) is 2.38. The van der Waals surface area contributed by atoms with Gasteiger partial charge in [-0.3, -0.25) is 9.69 Å². The Bertz CT molecular complexity index is 319. The van der Waals surface area contributed by atoms with Crippen LogP contribution in [0.3, 0.4) is 0 Å². The van der Waals surface area contributed by atoms with E-state index in [1.807, 2.05) is 0 Å². The molecule has 2 aliphatic heterocycles. The second kappa shape index (κ2) is 2.95. The molecule has 3 fully saturated rings. The van der Waals surface area contributed by atoms with Crippen molar-refractivity contribution in [3.63, 3.8) is 0 Å². The van der Waals surface area contributed by atoms with Gasteiger partial charge < -0.3 is 10.6 Å². The molecular formula is C10H15N3O2. The first kappa shape index (κ1) is 9.15. The summed E-state index contributed by atoms with van der Waals surface area (Å²) >= 11 is 0. The van der Waals surface area contributed by atoms with E-state index < -0.39 is 5.54 Å². The van der Waals surface area contributed by atoms with Gasteiger partial charge in [0.15, 0.2) is 0 Å². The van der Waals surface area contributed by atoms with Crippen molar-refractivity contribution in [2.45, 2.75) is 24.8 Å². The summed E-state index contributed by atoms with van der Waals surface area (Å²) in [5, 5.41) is 5.97. The maximum Gasteiger partial charge on any atom is 0.325 e. The van der Waals surface area contributed by atoms with Gasteiger partial charge in [-0.1, -0.05) is 0 Å². The number of rotatable bonds is 2. The van der Waals surface area contributed by atoms with E-state index in [2.05, 4.69) is 10.6 Å². The third-order valence-corrected chi connectivity index (χ3v) is 3.54. The monoisotopic (exact) mass is 209 g/mol. The molecule has 1 aliphatic carbocycles. The number of imide groups is 1. The van der Waals surface area contributed by atoms with Crippen LogP contribution in [0, 0.1) is 5.92 Å². The van der Waals surface area contributed by atoms with Crippen molar-refractivity contribution in [2.75, 3.05) is 19.6 Å². The van der Waals surface area contributed by atoms with Crippen LogP contribution in [-0.4, -0.2) is 42.0 Å². The third kappa shape index (κ3) is 1.33. The van der Waals surface area contributed by atoms with Crippen LogP contribution in [0.1, 0.15) is 19.3 Å². The zero-order valence-corrected chi connectivity index (χ0v) is 8.58. The molecule has 0 aromatic rings. The molecule has 1 atom stereocenters. The minimum absolute atomic E-state index is 0.0237. The number of carbonyl (C=O) groups is 2. The van der Waals surface area contributed by atoms with E-state index in [-0.39, 0.29) is 11.9 Å². The van der Waals surface area contributed by atoms with Crippen molar-refractivity contribution in [1.29, 1.82) is 0 Å². The van der Waals surface area contributed by atoms with Gasteiger partial charge in [-0.2, -0.15) is 0 Å². The second-order valence-corrected chi connectivity index (χ2v) is 4.80. The van der Waals surface area contributed by atoms with Crippen LogP contribution in [0.15, 0.2) is 0 Å². The van der Waals surface area contributed by atoms with Crippen LogP contribution in [0.5, 0.6) is 0 Å². The van der Waals surface area contributed by atoms with Crippen molar-refractivity contribution in [2.24, 2.45) is 5.92 Å². The molecule has 2 saturated heterocycles. The van der Waals surface area contributed by atoms with Crippen molar-refractivity contribution >= 4 is 11.9 Å². The Labute approximate surface area is 88.2 Å². The van der Waals surface area contributed by atoms with E-state index in [0.717, 1.165) is 25.8 Å². The molecule has 0 radical (unpaired) electrons. The van der Waals surface area contributed by atoms with Crippen molar-refractivity contribution in [1.82, 2.24) is 15.5 Å². The average Bonchev–Trinajstić information content (AvgIpc) is 2.87. The maximum absolute atomic E-state index is 12.1. The fraction of sp³-hybridized carbons (Fsp3) is 0.800. The van der Waals surface area contributed by atoms with Crippen molar-refractivity contribution in [3.05, 3.63) is 0 Å². The first-order valence-electron chi connectivity index (χ1n) is 5.56. The molecule has 3 rings (SSSR count). The van der Waals surface area contributed by atoms with Gasteiger partial charge in [-0.25, -0.2) is 4.79 Å². The number of urea groups is 1. The Morgan fingerprint density at radius 1 is 1.40 bits per heavy atom. The minimum Gasteiger partial charge on any atom is -0.322 e. The van der Waals surface area contributed by atoms with E-state index in [1.54, 1.807) is 0 Å². The summed E-state index contributed by atoms with van der Waals surface area (Å²) in [4.78, 5) is 25.2. The van der Waals surface area contributed by atoms with Gasteiger partial charge in [0, 0.05) is 13.1 Å². The molecule has 1 spiro atoms. The summed E-state index contributed by atoms with van der Waals surface area (Å²) in [5.41, 5.74) is -0.619. The first-order valence-corrected chi connectivity index (χ1v) is 5.56. The smallest absolute Gasteiger partial charge is 0.322 e. The van der Waals surface area contributed by atoms with Crippen LogP contribution >= 0.6 is 0 Å². The molecular weight excluding hydrogens is 194 g/mol. The van der Waals surface area contributed by atoms with Gasteiger partial charge in [0.05, 0.1) is 0 Å². The highest BCUT2D eigenvalue weighted by atomic mass is 16.2. The fourth-order valence-corrected chi connectivity index (χ4v) is 2.38. The van der Waals surface area contributed by atoms with E-state index in [1.165, 1.54) is 4.90 Å². The largest absolute Gasteiger partial charge is 0.325 e. The molecule has 0 bridgehead atoms. The lowest BCUT2D eigenvalue weighted by Crippen LogP contribution is -2.48. The number of nitrogens with one attached hydrogen (secondary N) is 2. The lowest BCUT2D eigenvalue weighted by atomic mass is 9.99. The number of nitrogens with zero attached hydrogens (tertiary/aromatic N) is 1. The molecule has 82 valence electrons. The van der Waals surface area contributed by atoms with Gasteiger partial charge in [-0.15, -0.1) is 0 Å². The quantitative estimate of drug-likeness (QED) is 0.613. The lowest BCUT2D eigenvalue weighted by Gasteiger charge is -2.19. The van der Waals surface area contributed by atoms with E-state index in [0.29, 0.717) is 19.0 Å². The van der Waals surface area contributed by atoms with E-state index >= 15 is 0 Å². The Balaban J connectivity index is 1.79. The second-order valence-electron chi connectivity index (χ2n) is 4.80.